The van der Waals surface area contributed by atoms with E-state index in [-0.39, 0.29) is 11.7 Å². The van der Waals surface area contributed by atoms with Crippen LogP contribution >= 0.6 is 11.8 Å². The molecule has 3 heterocycles. The number of hydrogen-bond donors (Lipinski definition) is 1. The van der Waals surface area contributed by atoms with Crippen LogP contribution in [0.1, 0.15) is 5.56 Å². The largest absolute Gasteiger partial charge is 0.338 e. The van der Waals surface area contributed by atoms with Crippen molar-refractivity contribution in [1.29, 1.82) is 0 Å². The van der Waals surface area contributed by atoms with E-state index in [0.717, 1.165) is 11.1 Å². The van der Waals surface area contributed by atoms with Crippen molar-refractivity contribution in [1.82, 2.24) is 29.7 Å². The normalized spacial score (nSPS) is 14.2. The molecule has 1 aliphatic rings. The fourth-order valence-corrected chi connectivity index (χ4v) is 3.86. The van der Waals surface area contributed by atoms with Crippen molar-refractivity contribution in [2.24, 2.45) is 0 Å². The molecule has 4 rings (SSSR count). The molecular weight excluding hydrogens is 388 g/mol. The molecule has 0 saturated carbocycles. The summed E-state index contributed by atoms with van der Waals surface area (Å²) in [4.78, 5) is 25.1. The number of aromatic nitrogens is 5. The molecule has 0 radical (unpaired) electrons. The molecule has 1 aliphatic heterocycles. The Morgan fingerprint density at radius 2 is 1.76 bits per heavy atom. The Morgan fingerprint density at radius 3 is 2.45 bits per heavy atom. The number of benzene rings is 1. The minimum Gasteiger partial charge on any atom is -0.338 e. The molecule has 29 heavy (non-hydrogen) atoms. The number of rotatable bonds is 5. The number of carbonyl (C=O) groups excluding carboxylic acids is 1. The van der Waals surface area contributed by atoms with Crippen LogP contribution in [0.2, 0.25) is 0 Å². The highest BCUT2D eigenvalue weighted by atomic mass is 32.2. The van der Waals surface area contributed by atoms with E-state index in [0.29, 0.717) is 43.1 Å². The molecule has 1 saturated heterocycles. The Morgan fingerprint density at radius 1 is 1.07 bits per heavy atom. The molecule has 0 spiro atoms. The fourth-order valence-electron chi connectivity index (χ4n) is 3.10. The third-order valence-corrected chi connectivity index (χ3v) is 5.69. The number of nitrogens with two attached hydrogens (primary N) is 1. The zero-order valence-corrected chi connectivity index (χ0v) is 16.9. The second-order valence-corrected chi connectivity index (χ2v) is 7.69. The number of anilines is 1. The number of amides is 1. The zero-order chi connectivity index (χ0) is 20.2. The highest BCUT2D eigenvalue weighted by Gasteiger charge is 2.23. The fraction of sp³-hybridized carbons (Fsp3) is 0.316. The van der Waals surface area contributed by atoms with Crippen LogP contribution in [-0.4, -0.2) is 67.6 Å². The first-order valence-electron chi connectivity index (χ1n) is 9.32. The molecule has 1 amide bonds. The molecule has 1 fully saturated rings. The summed E-state index contributed by atoms with van der Waals surface area (Å²) in [6.45, 7) is 4.73. The van der Waals surface area contributed by atoms with E-state index in [4.69, 9.17) is 5.84 Å². The van der Waals surface area contributed by atoms with Gasteiger partial charge in [0.05, 0.1) is 5.75 Å². The van der Waals surface area contributed by atoms with Gasteiger partial charge in [-0.3, -0.25) is 4.79 Å². The lowest BCUT2D eigenvalue weighted by molar-refractivity contribution is -0.128. The molecule has 0 unspecified atom stereocenters. The maximum absolute atomic E-state index is 12.6. The lowest BCUT2D eigenvalue weighted by Crippen LogP contribution is -2.49. The Kier molecular flexibility index (Phi) is 5.61. The van der Waals surface area contributed by atoms with Gasteiger partial charge in [0, 0.05) is 44.1 Å². The molecule has 0 aliphatic carbocycles. The quantitative estimate of drug-likeness (QED) is 0.494. The van der Waals surface area contributed by atoms with Crippen LogP contribution in [0.4, 0.5) is 5.95 Å². The van der Waals surface area contributed by atoms with Crippen LogP contribution in [0, 0.1) is 6.92 Å². The highest BCUT2D eigenvalue weighted by Crippen LogP contribution is 2.22. The van der Waals surface area contributed by atoms with Crippen molar-refractivity contribution in [2.45, 2.75) is 12.1 Å². The van der Waals surface area contributed by atoms with E-state index in [1.807, 2.05) is 36.1 Å². The van der Waals surface area contributed by atoms with Crippen LogP contribution in [0.15, 0.2) is 47.9 Å². The summed E-state index contributed by atoms with van der Waals surface area (Å²) >= 11 is 1.30. The van der Waals surface area contributed by atoms with Gasteiger partial charge in [-0.2, -0.15) is 0 Å². The molecule has 2 N–H and O–H groups in total. The van der Waals surface area contributed by atoms with Gasteiger partial charge in [-0.1, -0.05) is 41.6 Å². The van der Waals surface area contributed by atoms with Gasteiger partial charge in [-0.25, -0.2) is 14.6 Å². The molecule has 0 bridgehead atoms. The maximum atomic E-state index is 12.6. The van der Waals surface area contributed by atoms with Gasteiger partial charge in [0.15, 0.2) is 5.82 Å². The van der Waals surface area contributed by atoms with Gasteiger partial charge in [0.2, 0.25) is 17.0 Å². The van der Waals surface area contributed by atoms with Crippen molar-refractivity contribution in [3.8, 4) is 11.4 Å². The van der Waals surface area contributed by atoms with E-state index < -0.39 is 0 Å². The van der Waals surface area contributed by atoms with Crippen molar-refractivity contribution in [3.05, 3.63) is 48.3 Å². The SMILES string of the molecule is Cc1ccc(-c2nnc(SCC(=O)N3CCN(c4ncccn4)CC3)n2N)cc1. The van der Waals surface area contributed by atoms with Gasteiger partial charge in [0.25, 0.3) is 0 Å². The predicted octanol–water partition coefficient (Wildman–Crippen LogP) is 1.20. The lowest BCUT2D eigenvalue weighted by atomic mass is 10.1. The molecule has 9 nitrogen and oxygen atoms in total. The number of aryl methyl sites for hydroxylation is 1. The molecule has 150 valence electrons. The van der Waals surface area contributed by atoms with Crippen LogP contribution in [0.25, 0.3) is 11.4 Å². The molecule has 3 aromatic rings. The number of carbonyl (C=O) groups is 1. The molecule has 10 heteroatoms. The predicted molar refractivity (Wildman–Crippen MR) is 112 cm³/mol. The summed E-state index contributed by atoms with van der Waals surface area (Å²) in [6.07, 6.45) is 3.45. The lowest BCUT2D eigenvalue weighted by Gasteiger charge is -2.34. The topological polar surface area (TPSA) is 106 Å². The Labute approximate surface area is 172 Å². The summed E-state index contributed by atoms with van der Waals surface area (Å²) in [5, 5.41) is 8.83. The number of thioether (sulfide) groups is 1. The Bertz CT molecular complexity index is 968. The van der Waals surface area contributed by atoms with Crippen LogP contribution in [-0.2, 0) is 4.79 Å². The van der Waals surface area contributed by atoms with Crippen molar-refractivity contribution in [2.75, 3.05) is 42.7 Å². The second-order valence-electron chi connectivity index (χ2n) is 6.75. The third-order valence-electron chi connectivity index (χ3n) is 4.77. The minimum atomic E-state index is 0.0588. The number of nitrogen functional groups attached to an aromatic ring is 1. The third kappa shape index (κ3) is 4.32. The smallest absolute Gasteiger partial charge is 0.233 e. The first-order chi connectivity index (χ1) is 14.1. The van der Waals surface area contributed by atoms with Gasteiger partial charge in [-0.05, 0) is 13.0 Å². The average Bonchev–Trinajstić information content (AvgIpc) is 3.13. The molecular formula is C19H22N8OS. The summed E-state index contributed by atoms with van der Waals surface area (Å²) < 4.78 is 1.44. The second kappa shape index (κ2) is 8.48. The van der Waals surface area contributed by atoms with E-state index in [9.17, 15) is 4.79 Å². The summed E-state index contributed by atoms with van der Waals surface area (Å²) in [7, 11) is 0. The van der Waals surface area contributed by atoms with E-state index in [2.05, 4.69) is 25.1 Å². The maximum Gasteiger partial charge on any atom is 0.233 e. The summed E-state index contributed by atoms with van der Waals surface area (Å²) in [5.41, 5.74) is 2.05. The monoisotopic (exact) mass is 410 g/mol. The van der Waals surface area contributed by atoms with E-state index >= 15 is 0 Å². The van der Waals surface area contributed by atoms with Gasteiger partial charge >= 0.3 is 0 Å². The number of piperazine rings is 1. The van der Waals surface area contributed by atoms with Crippen LogP contribution in [0.5, 0.6) is 0 Å². The highest BCUT2D eigenvalue weighted by molar-refractivity contribution is 7.99. The van der Waals surface area contributed by atoms with E-state index in [1.165, 1.54) is 16.4 Å². The van der Waals surface area contributed by atoms with Gasteiger partial charge in [0.1, 0.15) is 0 Å². The summed E-state index contributed by atoms with van der Waals surface area (Å²) in [5.74, 6) is 7.76. The van der Waals surface area contributed by atoms with Crippen LogP contribution < -0.4 is 10.7 Å². The van der Waals surface area contributed by atoms with Crippen molar-refractivity contribution in [3.63, 3.8) is 0 Å². The minimum absolute atomic E-state index is 0.0588. The van der Waals surface area contributed by atoms with E-state index in [1.54, 1.807) is 18.5 Å². The van der Waals surface area contributed by atoms with Gasteiger partial charge < -0.3 is 15.6 Å². The first kappa shape index (κ1) is 19.2. The Hall–Kier alpha value is -3.14. The average molecular weight is 411 g/mol. The van der Waals surface area contributed by atoms with Crippen molar-refractivity contribution >= 4 is 23.6 Å². The van der Waals surface area contributed by atoms with Gasteiger partial charge in [-0.15, -0.1) is 10.2 Å². The van der Waals surface area contributed by atoms with Crippen molar-refractivity contribution < 1.29 is 4.79 Å². The Balaban J connectivity index is 1.32. The molecule has 0 atom stereocenters. The number of nitrogens with zero attached hydrogens (tertiary/aromatic N) is 7. The number of hydrogen-bond acceptors (Lipinski definition) is 8. The molecule has 2 aromatic heterocycles. The summed E-state index contributed by atoms with van der Waals surface area (Å²) in [6, 6.07) is 9.71. The van der Waals surface area contributed by atoms with Crippen LogP contribution in [0.3, 0.4) is 0 Å². The molecule has 1 aromatic carbocycles. The zero-order valence-electron chi connectivity index (χ0n) is 16.1. The first-order valence-corrected chi connectivity index (χ1v) is 10.3. The standard InChI is InChI=1S/C19H22N8OS/c1-14-3-5-15(6-4-14)17-23-24-19(27(17)20)29-13-16(28)25-9-11-26(12-10-25)18-21-7-2-8-22-18/h2-8H,9-13,20H2,1H3.